The lowest BCUT2D eigenvalue weighted by Crippen LogP contribution is -2.44. The van der Waals surface area contributed by atoms with Crippen molar-refractivity contribution in [2.45, 2.75) is 45.8 Å². The van der Waals surface area contributed by atoms with Crippen LogP contribution in [0.1, 0.15) is 34.1 Å². The molecule has 0 rings (SSSR count). The molecule has 0 aromatic carbocycles. The Kier molecular flexibility index (Phi) is 9.54. The van der Waals surface area contributed by atoms with Crippen LogP contribution in [0.15, 0.2) is 0 Å². The molecule has 6 nitrogen and oxygen atoms in total. The summed E-state index contributed by atoms with van der Waals surface area (Å²) in [6, 6.07) is 0.241. The largest absolute Gasteiger partial charge is 0.444 e. The highest BCUT2D eigenvalue weighted by molar-refractivity contribution is 5.67. The van der Waals surface area contributed by atoms with Crippen LogP contribution in [-0.2, 0) is 9.47 Å². The summed E-state index contributed by atoms with van der Waals surface area (Å²) >= 11 is 0. The van der Waals surface area contributed by atoms with E-state index in [2.05, 4.69) is 17.1 Å². The van der Waals surface area contributed by atoms with Crippen molar-refractivity contribution in [1.29, 1.82) is 0 Å². The molecule has 0 spiro atoms. The number of methoxy groups -OCH3 is 1. The van der Waals surface area contributed by atoms with Crippen molar-refractivity contribution in [1.82, 2.24) is 10.2 Å². The molecule has 0 aliphatic heterocycles. The van der Waals surface area contributed by atoms with E-state index in [0.717, 1.165) is 19.5 Å². The summed E-state index contributed by atoms with van der Waals surface area (Å²) in [7, 11) is 1.69. The van der Waals surface area contributed by atoms with Crippen LogP contribution in [-0.4, -0.2) is 62.5 Å². The molecule has 0 saturated carbocycles. The molecule has 0 bridgehead atoms. The van der Waals surface area contributed by atoms with E-state index >= 15 is 0 Å². The molecule has 0 aliphatic carbocycles. The molecule has 6 heteroatoms. The summed E-state index contributed by atoms with van der Waals surface area (Å²) in [4.78, 5) is 13.8. The van der Waals surface area contributed by atoms with E-state index in [1.165, 1.54) is 0 Å². The zero-order valence-corrected chi connectivity index (χ0v) is 13.6. The van der Waals surface area contributed by atoms with E-state index in [4.69, 9.17) is 15.2 Å². The average molecular weight is 289 g/mol. The molecular formula is C14H31N3O3. The van der Waals surface area contributed by atoms with Crippen molar-refractivity contribution in [2.24, 2.45) is 5.73 Å². The fourth-order valence-corrected chi connectivity index (χ4v) is 1.91. The standard InChI is InChI=1S/C14H31N3O3/c1-6-17(9-10-19-5)12(11-15)7-8-16-13(18)20-14(2,3)4/h12H,6-11,15H2,1-5H3,(H,16,18). The average Bonchev–Trinajstić information content (AvgIpc) is 2.35. The predicted molar refractivity (Wildman–Crippen MR) is 80.8 cm³/mol. The lowest BCUT2D eigenvalue weighted by Gasteiger charge is -2.29. The number of carbonyl (C=O) groups is 1. The molecule has 0 aliphatic rings. The third-order valence-electron chi connectivity index (χ3n) is 2.92. The molecule has 1 unspecified atom stereocenters. The van der Waals surface area contributed by atoms with Gasteiger partial charge in [0.05, 0.1) is 6.61 Å². The van der Waals surface area contributed by atoms with E-state index in [9.17, 15) is 4.79 Å². The summed E-state index contributed by atoms with van der Waals surface area (Å²) in [6.45, 7) is 11.2. The summed E-state index contributed by atoms with van der Waals surface area (Å²) in [6.07, 6.45) is 0.418. The Morgan fingerprint density at radius 2 is 2.05 bits per heavy atom. The fraction of sp³-hybridized carbons (Fsp3) is 0.929. The summed E-state index contributed by atoms with van der Waals surface area (Å²) in [5.41, 5.74) is 5.35. The third-order valence-corrected chi connectivity index (χ3v) is 2.92. The van der Waals surface area contributed by atoms with Crippen LogP contribution in [0, 0.1) is 0 Å². The van der Waals surface area contributed by atoms with Crippen molar-refractivity contribution in [3.63, 3.8) is 0 Å². The van der Waals surface area contributed by atoms with Crippen LogP contribution >= 0.6 is 0 Å². The van der Waals surface area contributed by atoms with Gasteiger partial charge in [0.2, 0.25) is 0 Å². The first kappa shape index (κ1) is 19.1. The maximum atomic E-state index is 11.5. The number of hydrogen-bond acceptors (Lipinski definition) is 5. The van der Waals surface area contributed by atoms with Crippen LogP contribution in [0.5, 0.6) is 0 Å². The minimum Gasteiger partial charge on any atom is -0.444 e. The lowest BCUT2D eigenvalue weighted by molar-refractivity contribution is 0.0520. The normalized spacial score (nSPS) is 13.3. The van der Waals surface area contributed by atoms with Crippen LogP contribution < -0.4 is 11.1 Å². The summed E-state index contributed by atoms with van der Waals surface area (Å²) < 4.78 is 10.3. The SMILES string of the molecule is CCN(CCOC)C(CN)CCNC(=O)OC(C)(C)C. The van der Waals surface area contributed by atoms with Crippen LogP contribution in [0.4, 0.5) is 4.79 Å². The number of nitrogens with zero attached hydrogens (tertiary/aromatic N) is 1. The van der Waals surface area contributed by atoms with E-state index in [-0.39, 0.29) is 12.1 Å². The Hall–Kier alpha value is -0.850. The smallest absolute Gasteiger partial charge is 0.407 e. The molecule has 1 amide bonds. The van der Waals surface area contributed by atoms with Gasteiger partial charge < -0.3 is 20.5 Å². The van der Waals surface area contributed by atoms with Crippen molar-refractivity contribution in [3.05, 3.63) is 0 Å². The number of nitrogens with one attached hydrogen (secondary N) is 1. The van der Waals surface area contributed by atoms with E-state index in [1.807, 2.05) is 20.8 Å². The van der Waals surface area contributed by atoms with Crippen molar-refractivity contribution in [3.8, 4) is 0 Å². The highest BCUT2D eigenvalue weighted by atomic mass is 16.6. The maximum absolute atomic E-state index is 11.5. The summed E-state index contributed by atoms with van der Waals surface area (Å²) in [5.74, 6) is 0. The van der Waals surface area contributed by atoms with Gasteiger partial charge in [0.15, 0.2) is 0 Å². The van der Waals surface area contributed by atoms with E-state index in [0.29, 0.717) is 19.7 Å². The first-order valence-electron chi connectivity index (χ1n) is 7.24. The molecule has 0 saturated heterocycles. The zero-order chi connectivity index (χ0) is 15.6. The number of hydrogen-bond donors (Lipinski definition) is 2. The third kappa shape index (κ3) is 9.12. The quantitative estimate of drug-likeness (QED) is 0.667. The van der Waals surface area contributed by atoms with Gasteiger partial charge in [0.1, 0.15) is 5.60 Å². The predicted octanol–water partition coefficient (Wildman–Crippen LogP) is 1.20. The second-order valence-corrected chi connectivity index (χ2v) is 5.73. The fourth-order valence-electron chi connectivity index (χ4n) is 1.91. The molecule has 0 radical (unpaired) electrons. The molecule has 20 heavy (non-hydrogen) atoms. The lowest BCUT2D eigenvalue weighted by atomic mass is 10.1. The van der Waals surface area contributed by atoms with Gasteiger partial charge in [0.25, 0.3) is 0 Å². The Morgan fingerprint density at radius 3 is 2.50 bits per heavy atom. The topological polar surface area (TPSA) is 76.8 Å². The zero-order valence-electron chi connectivity index (χ0n) is 13.6. The molecule has 0 heterocycles. The van der Waals surface area contributed by atoms with Gasteiger partial charge in [0, 0.05) is 32.8 Å². The maximum Gasteiger partial charge on any atom is 0.407 e. The van der Waals surface area contributed by atoms with Gasteiger partial charge in [-0.2, -0.15) is 0 Å². The number of amides is 1. The van der Waals surface area contributed by atoms with Gasteiger partial charge >= 0.3 is 6.09 Å². The summed E-state index contributed by atoms with van der Waals surface area (Å²) in [5, 5.41) is 2.76. The first-order chi connectivity index (χ1) is 9.34. The highest BCUT2D eigenvalue weighted by Crippen LogP contribution is 2.07. The first-order valence-corrected chi connectivity index (χ1v) is 7.24. The molecule has 3 N–H and O–H groups in total. The number of nitrogens with two attached hydrogens (primary N) is 1. The van der Waals surface area contributed by atoms with Crippen molar-refractivity contribution >= 4 is 6.09 Å². The van der Waals surface area contributed by atoms with Crippen LogP contribution in [0.3, 0.4) is 0 Å². The Labute approximate surface area is 123 Å². The minimum atomic E-state index is -0.467. The second-order valence-electron chi connectivity index (χ2n) is 5.73. The Bertz CT molecular complexity index is 267. The van der Waals surface area contributed by atoms with Crippen molar-refractivity contribution in [2.75, 3.05) is 39.9 Å². The Morgan fingerprint density at radius 1 is 1.40 bits per heavy atom. The van der Waals surface area contributed by atoms with E-state index < -0.39 is 5.60 Å². The molecular weight excluding hydrogens is 258 g/mol. The number of rotatable bonds is 9. The second kappa shape index (κ2) is 9.96. The molecule has 0 aromatic rings. The van der Waals surface area contributed by atoms with E-state index in [1.54, 1.807) is 7.11 Å². The molecule has 0 fully saturated rings. The van der Waals surface area contributed by atoms with Gasteiger partial charge in [-0.25, -0.2) is 4.79 Å². The number of carbonyl (C=O) groups excluding carboxylic acids is 1. The van der Waals surface area contributed by atoms with Crippen molar-refractivity contribution < 1.29 is 14.3 Å². The number of ether oxygens (including phenoxy) is 2. The Balaban J connectivity index is 4.08. The molecule has 120 valence electrons. The van der Waals surface area contributed by atoms with Gasteiger partial charge in [-0.3, -0.25) is 4.90 Å². The molecule has 1 atom stereocenters. The van der Waals surface area contributed by atoms with Gasteiger partial charge in [-0.15, -0.1) is 0 Å². The van der Waals surface area contributed by atoms with Gasteiger partial charge in [-0.05, 0) is 33.7 Å². The van der Waals surface area contributed by atoms with Gasteiger partial charge in [-0.1, -0.05) is 6.92 Å². The monoisotopic (exact) mass is 289 g/mol. The highest BCUT2D eigenvalue weighted by Gasteiger charge is 2.18. The minimum absolute atomic E-state index is 0.241. The number of alkyl carbamates (subject to hydrolysis) is 1. The number of likely N-dealkylation sites (N-methyl/N-ethyl adjacent to an activating group) is 1. The van der Waals surface area contributed by atoms with Crippen LogP contribution in [0.25, 0.3) is 0 Å². The van der Waals surface area contributed by atoms with Crippen LogP contribution in [0.2, 0.25) is 0 Å². The molecule has 0 aromatic heterocycles.